The Balaban J connectivity index is 1.67. The quantitative estimate of drug-likeness (QED) is 0.909. The van der Waals surface area contributed by atoms with Crippen molar-refractivity contribution < 1.29 is 0 Å². The lowest BCUT2D eigenvalue weighted by Crippen LogP contribution is -2.44. The first-order chi connectivity index (χ1) is 8.83. The first-order valence-corrected chi connectivity index (χ1v) is 7.58. The highest BCUT2D eigenvalue weighted by Crippen LogP contribution is 2.26. The van der Waals surface area contributed by atoms with Crippen molar-refractivity contribution in [3.05, 3.63) is 16.9 Å². The second-order valence-corrected chi connectivity index (χ2v) is 6.17. The van der Waals surface area contributed by atoms with Crippen molar-refractivity contribution in [2.24, 2.45) is 5.92 Å². The number of halogens is 1. The van der Waals surface area contributed by atoms with Crippen molar-refractivity contribution >= 4 is 21.9 Å². The van der Waals surface area contributed by atoms with Crippen LogP contribution in [0.1, 0.15) is 25.7 Å². The molecule has 3 heterocycles. The van der Waals surface area contributed by atoms with Gasteiger partial charge in [-0.1, -0.05) is 0 Å². The number of rotatable bonds is 2. The summed E-state index contributed by atoms with van der Waals surface area (Å²) < 4.78 is 0.942. The van der Waals surface area contributed by atoms with E-state index in [0.717, 1.165) is 29.4 Å². The highest BCUT2D eigenvalue weighted by atomic mass is 79.9. The van der Waals surface area contributed by atoms with Crippen LogP contribution in [0.15, 0.2) is 16.9 Å². The monoisotopic (exact) mass is 310 g/mol. The molecular weight excluding hydrogens is 292 g/mol. The molecular formula is C13H19BrN4. The first kappa shape index (κ1) is 12.4. The van der Waals surface area contributed by atoms with Crippen LogP contribution in [0.25, 0.3) is 0 Å². The lowest BCUT2D eigenvalue weighted by atomic mass is 9.90. The minimum Gasteiger partial charge on any atom is -0.340 e. The van der Waals surface area contributed by atoms with Gasteiger partial charge in [0.15, 0.2) is 0 Å². The van der Waals surface area contributed by atoms with Crippen LogP contribution < -0.4 is 10.2 Å². The van der Waals surface area contributed by atoms with Gasteiger partial charge in [-0.3, -0.25) is 0 Å². The standard InChI is InChI=1S/C13H19BrN4/c14-11-7-16-13(17-8-11)18-6-2-3-10(9-18)12-4-1-5-15-12/h7-8,10,12,15H,1-6,9H2. The van der Waals surface area contributed by atoms with Gasteiger partial charge < -0.3 is 10.2 Å². The Labute approximate surface area is 116 Å². The molecule has 98 valence electrons. The van der Waals surface area contributed by atoms with Crippen LogP contribution in [0.3, 0.4) is 0 Å². The van der Waals surface area contributed by atoms with Crippen LogP contribution in [0.4, 0.5) is 5.95 Å². The van der Waals surface area contributed by atoms with Crippen LogP contribution in [-0.2, 0) is 0 Å². The zero-order valence-corrected chi connectivity index (χ0v) is 12.1. The Morgan fingerprint density at radius 3 is 2.78 bits per heavy atom. The third-order valence-corrected chi connectivity index (χ3v) is 4.42. The maximum atomic E-state index is 4.41. The molecule has 1 aromatic rings. The Morgan fingerprint density at radius 1 is 1.22 bits per heavy atom. The largest absolute Gasteiger partial charge is 0.340 e. The first-order valence-electron chi connectivity index (χ1n) is 6.79. The van der Waals surface area contributed by atoms with Gasteiger partial charge in [-0.25, -0.2) is 9.97 Å². The van der Waals surface area contributed by atoms with Gasteiger partial charge >= 0.3 is 0 Å². The summed E-state index contributed by atoms with van der Waals surface area (Å²) in [6.45, 7) is 3.38. The normalized spacial score (nSPS) is 28.6. The minimum atomic E-state index is 0.711. The lowest BCUT2D eigenvalue weighted by Gasteiger charge is -2.35. The molecule has 2 fully saturated rings. The van der Waals surface area contributed by atoms with E-state index in [1.165, 1.54) is 32.2 Å². The Morgan fingerprint density at radius 2 is 2.06 bits per heavy atom. The molecule has 1 N–H and O–H groups in total. The molecule has 0 aliphatic carbocycles. The van der Waals surface area contributed by atoms with E-state index >= 15 is 0 Å². The summed E-state index contributed by atoms with van der Waals surface area (Å²) in [5, 5.41) is 3.63. The summed E-state index contributed by atoms with van der Waals surface area (Å²) in [4.78, 5) is 11.2. The van der Waals surface area contributed by atoms with E-state index < -0.39 is 0 Å². The average Bonchev–Trinajstić information content (AvgIpc) is 2.94. The molecule has 5 heteroatoms. The molecule has 3 rings (SSSR count). The van der Waals surface area contributed by atoms with Gasteiger partial charge in [-0.15, -0.1) is 0 Å². The minimum absolute atomic E-state index is 0.711. The number of nitrogens with zero attached hydrogens (tertiary/aromatic N) is 3. The Kier molecular flexibility index (Phi) is 3.80. The summed E-state index contributed by atoms with van der Waals surface area (Å²) in [7, 11) is 0. The molecule has 0 aromatic carbocycles. The molecule has 18 heavy (non-hydrogen) atoms. The van der Waals surface area contributed by atoms with E-state index in [1.807, 2.05) is 12.4 Å². The molecule has 0 amide bonds. The zero-order chi connectivity index (χ0) is 12.4. The number of nitrogens with one attached hydrogen (secondary N) is 1. The average molecular weight is 311 g/mol. The highest BCUT2D eigenvalue weighted by Gasteiger charge is 2.29. The number of hydrogen-bond acceptors (Lipinski definition) is 4. The fourth-order valence-corrected chi connectivity index (χ4v) is 3.31. The van der Waals surface area contributed by atoms with Crippen molar-refractivity contribution in [3.8, 4) is 0 Å². The van der Waals surface area contributed by atoms with Gasteiger partial charge in [0.25, 0.3) is 0 Å². The van der Waals surface area contributed by atoms with Crippen LogP contribution in [0, 0.1) is 5.92 Å². The predicted molar refractivity (Wildman–Crippen MR) is 75.7 cm³/mol. The molecule has 0 saturated carbocycles. The molecule has 0 radical (unpaired) electrons. The van der Waals surface area contributed by atoms with Crippen LogP contribution in [0.5, 0.6) is 0 Å². The molecule has 2 atom stereocenters. The highest BCUT2D eigenvalue weighted by molar-refractivity contribution is 9.10. The number of hydrogen-bond donors (Lipinski definition) is 1. The van der Waals surface area contributed by atoms with Gasteiger partial charge in [-0.2, -0.15) is 0 Å². The number of piperidine rings is 1. The SMILES string of the molecule is Brc1cnc(N2CCCC(C3CCCN3)C2)nc1. The van der Waals surface area contributed by atoms with E-state index in [2.05, 4.69) is 36.1 Å². The smallest absolute Gasteiger partial charge is 0.225 e. The summed E-state index contributed by atoms with van der Waals surface area (Å²) >= 11 is 3.38. The van der Waals surface area contributed by atoms with Gasteiger partial charge in [0, 0.05) is 31.5 Å². The molecule has 0 bridgehead atoms. The van der Waals surface area contributed by atoms with Crippen molar-refractivity contribution in [2.75, 3.05) is 24.5 Å². The molecule has 0 spiro atoms. The van der Waals surface area contributed by atoms with Crippen LogP contribution in [-0.4, -0.2) is 35.6 Å². The Bertz CT molecular complexity index is 388. The maximum absolute atomic E-state index is 4.41. The second kappa shape index (κ2) is 5.53. The van der Waals surface area contributed by atoms with Crippen molar-refractivity contribution in [2.45, 2.75) is 31.7 Å². The fourth-order valence-electron chi connectivity index (χ4n) is 3.10. The lowest BCUT2D eigenvalue weighted by molar-refractivity contribution is 0.327. The van der Waals surface area contributed by atoms with Gasteiger partial charge in [0.2, 0.25) is 5.95 Å². The van der Waals surface area contributed by atoms with E-state index in [9.17, 15) is 0 Å². The predicted octanol–water partition coefficient (Wildman–Crippen LogP) is 2.21. The third kappa shape index (κ3) is 2.67. The van der Waals surface area contributed by atoms with E-state index in [-0.39, 0.29) is 0 Å². The van der Waals surface area contributed by atoms with Crippen LogP contribution >= 0.6 is 15.9 Å². The van der Waals surface area contributed by atoms with E-state index in [1.54, 1.807) is 0 Å². The topological polar surface area (TPSA) is 41.1 Å². The molecule has 2 aliphatic heterocycles. The summed E-state index contributed by atoms with van der Waals surface area (Å²) in [5.74, 6) is 1.63. The maximum Gasteiger partial charge on any atom is 0.225 e. The van der Waals surface area contributed by atoms with Crippen molar-refractivity contribution in [1.29, 1.82) is 0 Å². The molecule has 4 nitrogen and oxygen atoms in total. The van der Waals surface area contributed by atoms with E-state index in [0.29, 0.717) is 6.04 Å². The Hall–Kier alpha value is -0.680. The van der Waals surface area contributed by atoms with Gasteiger partial charge in [0.1, 0.15) is 0 Å². The summed E-state index contributed by atoms with van der Waals surface area (Å²) in [5.41, 5.74) is 0. The zero-order valence-electron chi connectivity index (χ0n) is 10.5. The van der Waals surface area contributed by atoms with E-state index in [4.69, 9.17) is 0 Å². The number of anilines is 1. The summed E-state index contributed by atoms with van der Waals surface area (Å²) in [6.07, 6.45) is 8.92. The van der Waals surface area contributed by atoms with Gasteiger partial charge in [-0.05, 0) is 54.1 Å². The van der Waals surface area contributed by atoms with Gasteiger partial charge in [0.05, 0.1) is 4.47 Å². The number of aromatic nitrogens is 2. The third-order valence-electron chi connectivity index (χ3n) is 4.01. The molecule has 2 saturated heterocycles. The van der Waals surface area contributed by atoms with Crippen molar-refractivity contribution in [3.63, 3.8) is 0 Å². The fraction of sp³-hybridized carbons (Fsp3) is 0.692. The second-order valence-electron chi connectivity index (χ2n) is 5.25. The molecule has 1 aromatic heterocycles. The van der Waals surface area contributed by atoms with Crippen LogP contribution in [0.2, 0.25) is 0 Å². The summed E-state index contributed by atoms with van der Waals surface area (Å²) in [6, 6.07) is 0.711. The molecule has 2 aliphatic rings. The molecule has 2 unspecified atom stereocenters. The van der Waals surface area contributed by atoms with Crippen molar-refractivity contribution in [1.82, 2.24) is 15.3 Å².